The largest absolute Gasteiger partial charge is 0.574 e. The number of ether oxygens (including phenoxy) is 1. The highest BCUT2D eigenvalue weighted by molar-refractivity contribution is 5.61. The lowest BCUT2D eigenvalue weighted by Gasteiger charge is -2.14. The van der Waals surface area contributed by atoms with Crippen molar-refractivity contribution < 1.29 is 31.1 Å². The quantitative estimate of drug-likeness (QED) is 0.760. The predicted molar refractivity (Wildman–Crippen MR) is 44.7 cm³/mol. The van der Waals surface area contributed by atoms with Gasteiger partial charge in [-0.2, -0.15) is 18.2 Å². The maximum atomic E-state index is 12.3. The van der Waals surface area contributed by atoms with Crippen molar-refractivity contribution in [3.63, 3.8) is 0 Å². The van der Waals surface area contributed by atoms with Gasteiger partial charge in [0.25, 0.3) is 0 Å². The van der Waals surface area contributed by atoms with Crippen LogP contribution in [0.5, 0.6) is 5.88 Å². The van der Waals surface area contributed by atoms with E-state index in [0.717, 1.165) is 0 Å². The molecule has 0 saturated heterocycles. The van der Waals surface area contributed by atoms with Gasteiger partial charge in [0, 0.05) is 6.07 Å². The smallest absolute Gasteiger partial charge is 0.398 e. The zero-order chi connectivity index (χ0) is 13.4. The van der Waals surface area contributed by atoms with Gasteiger partial charge in [-0.25, -0.2) is 0 Å². The monoisotopic (exact) mass is 261 g/mol. The van der Waals surface area contributed by atoms with Gasteiger partial charge in [-0.3, -0.25) is 0 Å². The van der Waals surface area contributed by atoms with Crippen LogP contribution in [-0.4, -0.2) is 11.3 Å². The van der Waals surface area contributed by atoms with Gasteiger partial charge in [0.1, 0.15) is 11.4 Å². The Hall–Kier alpha value is -1.87. The molecule has 0 spiro atoms. The fourth-order valence-corrected chi connectivity index (χ4v) is 1.04. The molecule has 0 radical (unpaired) electrons. The Kier molecular flexibility index (Phi) is 2.99. The van der Waals surface area contributed by atoms with Crippen LogP contribution in [0.1, 0.15) is 5.56 Å². The zero-order valence-electron chi connectivity index (χ0n) is 7.86. The van der Waals surface area contributed by atoms with Crippen molar-refractivity contribution in [2.75, 3.05) is 11.5 Å². The van der Waals surface area contributed by atoms with E-state index in [4.69, 9.17) is 11.5 Å². The van der Waals surface area contributed by atoms with Crippen LogP contribution in [0, 0.1) is 0 Å². The van der Waals surface area contributed by atoms with Crippen LogP contribution >= 0.6 is 0 Å². The van der Waals surface area contributed by atoms with Crippen LogP contribution in [-0.2, 0) is 6.18 Å². The Morgan fingerprint density at radius 3 is 1.94 bits per heavy atom. The summed E-state index contributed by atoms with van der Waals surface area (Å²) in [6.45, 7) is 0. The number of hydrogen-bond donors (Lipinski definition) is 2. The fourth-order valence-electron chi connectivity index (χ4n) is 1.04. The third-order valence-corrected chi connectivity index (χ3v) is 1.56. The lowest BCUT2D eigenvalue weighted by Crippen LogP contribution is -2.20. The number of nitrogen functional groups attached to an aromatic ring is 2. The molecule has 1 heterocycles. The van der Waals surface area contributed by atoms with Crippen LogP contribution in [0.2, 0.25) is 0 Å². The molecule has 0 fully saturated rings. The number of halogens is 6. The second-order valence-corrected chi connectivity index (χ2v) is 2.86. The zero-order valence-corrected chi connectivity index (χ0v) is 7.86. The van der Waals surface area contributed by atoms with Gasteiger partial charge in [-0.1, -0.05) is 0 Å². The van der Waals surface area contributed by atoms with Gasteiger partial charge in [0.15, 0.2) is 0 Å². The van der Waals surface area contributed by atoms with Crippen molar-refractivity contribution in [2.45, 2.75) is 12.5 Å². The molecule has 0 bridgehead atoms. The summed E-state index contributed by atoms with van der Waals surface area (Å²) >= 11 is 0. The van der Waals surface area contributed by atoms with E-state index in [1.54, 1.807) is 0 Å². The minimum atomic E-state index is -5.09. The lowest BCUT2D eigenvalue weighted by atomic mass is 10.2. The standard InChI is InChI=1S/C7H5F6N3O/c8-6(9,10)4-2(14)1-3(16-5(4)15)17-7(11,12)13/h1H,(H4,14,15,16). The highest BCUT2D eigenvalue weighted by atomic mass is 19.4. The first-order valence-electron chi connectivity index (χ1n) is 3.89. The SMILES string of the molecule is Nc1cc(OC(F)(F)F)nc(N)c1C(F)(F)F. The minimum Gasteiger partial charge on any atom is -0.398 e. The van der Waals surface area contributed by atoms with Crippen LogP contribution < -0.4 is 16.2 Å². The first-order valence-corrected chi connectivity index (χ1v) is 3.89. The van der Waals surface area contributed by atoms with E-state index in [-0.39, 0.29) is 0 Å². The van der Waals surface area contributed by atoms with Crippen molar-refractivity contribution in [3.8, 4) is 5.88 Å². The Bertz CT molecular complexity index is 404. The molecule has 0 aliphatic carbocycles. The first kappa shape index (κ1) is 13.2. The average Bonchev–Trinajstić information content (AvgIpc) is 1.94. The van der Waals surface area contributed by atoms with E-state index in [1.165, 1.54) is 0 Å². The molecular weight excluding hydrogens is 256 g/mol. The molecule has 4 N–H and O–H groups in total. The van der Waals surface area contributed by atoms with E-state index in [0.29, 0.717) is 6.07 Å². The third kappa shape index (κ3) is 3.29. The normalized spacial score (nSPS) is 12.6. The molecule has 0 aliphatic rings. The summed E-state index contributed by atoms with van der Waals surface area (Å²) in [5.41, 5.74) is 7.32. The molecule has 0 amide bonds. The van der Waals surface area contributed by atoms with E-state index >= 15 is 0 Å². The topological polar surface area (TPSA) is 74.2 Å². The van der Waals surface area contributed by atoms with Gasteiger partial charge in [-0.05, 0) is 0 Å². The van der Waals surface area contributed by atoms with Gasteiger partial charge in [-0.15, -0.1) is 13.2 Å². The molecule has 0 atom stereocenters. The van der Waals surface area contributed by atoms with Crippen molar-refractivity contribution in [2.24, 2.45) is 0 Å². The van der Waals surface area contributed by atoms with Crippen molar-refractivity contribution >= 4 is 11.5 Å². The number of anilines is 2. The number of rotatable bonds is 1. The Balaban J connectivity index is 3.19. The van der Waals surface area contributed by atoms with Gasteiger partial charge >= 0.3 is 12.5 Å². The molecule has 0 unspecified atom stereocenters. The number of alkyl halides is 6. The second-order valence-electron chi connectivity index (χ2n) is 2.86. The minimum absolute atomic E-state index is 0.298. The van der Waals surface area contributed by atoms with Crippen LogP contribution in [0.25, 0.3) is 0 Å². The Morgan fingerprint density at radius 1 is 1.06 bits per heavy atom. The maximum Gasteiger partial charge on any atom is 0.574 e. The molecule has 0 aromatic carbocycles. The molecule has 1 aromatic rings. The number of nitrogens with two attached hydrogens (primary N) is 2. The Morgan fingerprint density at radius 2 is 1.59 bits per heavy atom. The van der Waals surface area contributed by atoms with E-state index < -0.39 is 35.5 Å². The molecule has 96 valence electrons. The summed E-state index contributed by atoms with van der Waals surface area (Å²) in [5.74, 6) is -2.34. The number of pyridine rings is 1. The highest BCUT2D eigenvalue weighted by Gasteiger charge is 2.38. The van der Waals surface area contributed by atoms with Crippen molar-refractivity contribution in [1.29, 1.82) is 0 Å². The highest BCUT2D eigenvalue weighted by Crippen LogP contribution is 2.38. The van der Waals surface area contributed by atoms with Gasteiger partial charge in [0.05, 0.1) is 5.69 Å². The molecule has 0 aliphatic heterocycles. The van der Waals surface area contributed by atoms with E-state index in [9.17, 15) is 26.3 Å². The molecule has 1 rings (SSSR count). The summed E-state index contributed by atoms with van der Waals surface area (Å²) < 4.78 is 75.6. The summed E-state index contributed by atoms with van der Waals surface area (Å²) in [6.07, 6.45) is -10.00. The molecular formula is C7H5F6N3O. The van der Waals surface area contributed by atoms with Gasteiger partial charge < -0.3 is 16.2 Å². The number of aromatic nitrogens is 1. The second kappa shape index (κ2) is 3.86. The maximum absolute atomic E-state index is 12.3. The van der Waals surface area contributed by atoms with E-state index in [2.05, 4.69) is 9.72 Å². The average molecular weight is 261 g/mol. The van der Waals surface area contributed by atoms with Crippen LogP contribution in [0.3, 0.4) is 0 Å². The molecule has 1 aromatic heterocycles. The summed E-state index contributed by atoms with van der Waals surface area (Å²) in [7, 11) is 0. The van der Waals surface area contributed by atoms with E-state index in [1.807, 2.05) is 0 Å². The summed E-state index contributed by atoms with van der Waals surface area (Å²) in [6, 6.07) is 0.298. The summed E-state index contributed by atoms with van der Waals surface area (Å²) in [4.78, 5) is 2.82. The lowest BCUT2D eigenvalue weighted by molar-refractivity contribution is -0.276. The van der Waals surface area contributed by atoms with Crippen LogP contribution in [0.4, 0.5) is 37.8 Å². The number of nitrogens with zero attached hydrogens (tertiary/aromatic N) is 1. The fraction of sp³-hybridized carbons (Fsp3) is 0.286. The predicted octanol–water partition coefficient (Wildman–Crippen LogP) is 2.16. The van der Waals surface area contributed by atoms with Gasteiger partial charge in [0.2, 0.25) is 5.88 Å². The Labute approximate surface area is 90.2 Å². The molecule has 0 saturated carbocycles. The third-order valence-electron chi connectivity index (χ3n) is 1.56. The van der Waals surface area contributed by atoms with Crippen LogP contribution in [0.15, 0.2) is 6.07 Å². The molecule has 17 heavy (non-hydrogen) atoms. The van der Waals surface area contributed by atoms with Crippen molar-refractivity contribution in [1.82, 2.24) is 4.98 Å². The first-order chi connectivity index (χ1) is 7.50. The molecule has 10 heteroatoms. The van der Waals surface area contributed by atoms with Crippen molar-refractivity contribution in [3.05, 3.63) is 11.6 Å². The number of hydrogen-bond acceptors (Lipinski definition) is 4. The summed E-state index contributed by atoms with van der Waals surface area (Å²) in [5, 5.41) is 0. The molecule has 4 nitrogen and oxygen atoms in total.